The summed E-state index contributed by atoms with van der Waals surface area (Å²) in [7, 11) is 0. The third-order valence-electron chi connectivity index (χ3n) is 4.01. The molecule has 2 aliphatic rings. The van der Waals surface area contributed by atoms with Crippen LogP contribution in [-0.4, -0.2) is 24.2 Å². The number of rotatable bonds is 2. The van der Waals surface area contributed by atoms with Crippen LogP contribution in [0.3, 0.4) is 0 Å². The van der Waals surface area contributed by atoms with Crippen molar-refractivity contribution in [3.63, 3.8) is 0 Å². The van der Waals surface area contributed by atoms with Crippen LogP contribution in [0.25, 0.3) is 0 Å². The van der Waals surface area contributed by atoms with Gasteiger partial charge >= 0.3 is 5.97 Å². The molecule has 1 saturated heterocycles. The Hall–Kier alpha value is -1.58. The summed E-state index contributed by atoms with van der Waals surface area (Å²) in [6.45, 7) is 1.97. The van der Waals surface area contributed by atoms with E-state index in [1.807, 2.05) is 0 Å². The number of anilines is 1. The van der Waals surface area contributed by atoms with E-state index >= 15 is 0 Å². The lowest BCUT2D eigenvalue weighted by Crippen LogP contribution is -2.59. The van der Waals surface area contributed by atoms with Gasteiger partial charge in [-0.05, 0) is 31.0 Å². The van der Waals surface area contributed by atoms with Gasteiger partial charge in [0.15, 0.2) is 0 Å². The fourth-order valence-corrected chi connectivity index (χ4v) is 2.81. The average molecular weight is 235 g/mol. The van der Waals surface area contributed by atoms with E-state index in [0.717, 1.165) is 18.8 Å². The zero-order chi connectivity index (χ0) is 12.0. The van der Waals surface area contributed by atoms with Gasteiger partial charge in [-0.15, -0.1) is 0 Å². The van der Waals surface area contributed by atoms with Gasteiger partial charge in [0.1, 0.15) is 5.82 Å². The van der Waals surface area contributed by atoms with E-state index in [2.05, 4.69) is 4.90 Å². The quantitative estimate of drug-likeness (QED) is 0.856. The standard InChI is InChI=1S/C13H14FNO2/c14-11-6-9(2-3-10(11)12(16)17)15-7-13(8-15)4-1-5-13/h2-3,6H,1,4-5,7-8H2,(H,16,17). The van der Waals surface area contributed by atoms with Crippen molar-refractivity contribution in [2.24, 2.45) is 5.41 Å². The van der Waals surface area contributed by atoms with Crippen LogP contribution in [0.2, 0.25) is 0 Å². The van der Waals surface area contributed by atoms with Gasteiger partial charge in [0.2, 0.25) is 0 Å². The Morgan fingerprint density at radius 3 is 2.53 bits per heavy atom. The molecule has 0 bridgehead atoms. The van der Waals surface area contributed by atoms with Crippen LogP contribution in [0.4, 0.5) is 10.1 Å². The van der Waals surface area contributed by atoms with Crippen molar-refractivity contribution in [2.75, 3.05) is 18.0 Å². The van der Waals surface area contributed by atoms with Gasteiger partial charge in [-0.2, -0.15) is 0 Å². The molecule has 0 atom stereocenters. The van der Waals surface area contributed by atoms with Gasteiger partial charge in [-0.1, -0.05) is 6.42 Å². The summed E-state index contributed by atoms with van der Waals surface area (Å²) in [6.07, 6.45) is 3.86. The van der Waals surface area contributed by atoms with Gasteiger partial charge < -0.3 is 10.0 Å². The number of carbonyl (C=O) groups is 1. The third kappa shape index (κ3) is 1.59. The summed E-state index contributed by atoms with van der Waals surface area (Å²) < 4.78 is 13.5. The second-order valence-electron chi connectivity index (χ2n) is 5.18. The smallest absolute Gasteiger partial charge is 0.338 e. The molecular formula is C13H14FNO2. The first kappa shape index (κ1) is 10.6. The third-order valence-corrected chi connectivity index (χ3v) is 4.01. The number of hydrogen-bond donors (Lipinski definition) is 1. The van der Waals surface area contributed by atoms with E-state index in [0.29, 0.717) is 5.41 Å². The van der Waals surface area contributed by atoms with E-state index in [4.69, 9.17) is 5.11 Å². The van der Waals surface area contributed by atoms with Crippen molar-refractivity contribution < 1.29 is 14.3 Å². The van der Waals surface area contributed by atoms with E-state index in [-0.39, 0.29) is 5.56 Å². The highest BCUT2D eigenvalue weighted by Crippen LogP contribution is 2.49. The van der Waals surface area contributed by atoms with Gasteiger partial charge in [0.05, 0.1) is 5.56 Å². The zero-order valence-electron chi connectivity index (χ0n) is 9.45. The zero-order valence-corrected chi connectivity index (χ0v) is 9.45. The largest absolute Gasteiger partial charge is 0.478 e. The van der Waals surface area contributed by atoms with Crippen LogP contribution < -0.4 is 4.90 Å². The molecule has 3 nitrogen and oxygen atoms in total. The highest BCUT2D eigenvalue weighted by molar-refractivity contribution is 5.88. The summed E-state index contributed by atoms with van der Waals surface area (Å²) >= 11 is 0. The molecule has 17 heavy (non-hydrogen) atoms. The summed E-state index contributed by atoms with van der Waals surface area (Å²) in [5.74, 6) is -1.86. The molecule has 2 fully saturated rings. The highest BCUT2D eigenvalue weighted by Gasteiger charge is 2.47. The number of hydrogen-bond acceptors (Lipinski definition) is 2. The number of carboxylic acids is 1. The minimum Gasteiger partial charge on any atom is -0.478 e. The van der Waals surface area contributed by atoms with Crippen LogP contribution in [0.15, 0.2) is 18.2 Å². The van der Waals surface area contributed by atoms with Crippen molar-refractivity contribution in [3.8, 4) is 0 Å². The Bertz CT molecular complexity index is 474. The first-order chi connectivity index (χ1) is 8.10. The molecule has 0 radical (unpaired) electrons. The first-order valence-electron chi connectivity index (χ1n) is 5.88. The molecular weight excluding hydrogens is 221 g/mol. The van der Waals surface area contributed by atoms with Gasteiger partial charge in [-0.3, -0.25) is 0 Å². The molecule has 1 aromatic carbocycles. The lowest BCUT2D eigenvalue weighted by atomic mass is 9.63. The van der Waals surface area contributed by atoms with E-state index < -0.39 is 11.8 Å². The molecule has 0 unspecified atom stereocenters. The van der Waals surface area contributed by atoms with Crippen LogP contribution >= 0.6 is 0 Å². The van der Waals surface area contributed by atoms with Crippen molar-refractivity contribution in [1.29, 1.82) is 0 Å². The minimum atomic E-state index is -1.21. The molecule has 1 aliphatic carbocycles. The van der Waals surface area contributed by atoms with Crippen molar-refractivity contribution in [1.82, 2.24) is 0 Å². The summed E-state index contributed by atoms with van der Waals surface area (Å²) in [5.41, 5.74) is 1.03. The molecule has 1 N–H and O–H groups in total. The van der Waals surface area contributed by atoms with Crippen molar-refractivity contribution >= 4 is 11.7 Å². The monoisotopic (exact) mass is 235 g/mol. The normalized spacial score (nSPS) is 20.9. The van der Waals surface area contributed by atoms with Crippen LogP contribution in [0.5, 0.6) is 0 Å². The number of aromatic carboxylic acids is 1. The maximum Gasteiger partial charge on any atom is 0.338 e. The van der Waals surface area contributed by atoms with E-state index in [1.54, 1.807) is 6.07 Å². The number of benzene rings is 1. The predicted octanol–water partition coefficient (Wildman–Crippen LogP) is 2.51. The number of nitrogens with zero attached hydrogens (tertiary/aromatic N) is 1. The Morgan fingerprint density at radius 1 is 1.35 bits per heavy atom. The van der Waals surface area contributed by atoms with Gasteiger partial charge in [0, 0.05) is 24.2 Å². The van der Waals surface area contributed by atoms with Crippen LogP contribution in [-0.2, 0) is 0 Å². The van der Waals surface area contributed by atoms with Crippen molar-refractivity contribution in [3.05, 3.63) is 29.6 Å². The maximum atomic E-state index is 13.5. The average Bonchev–Trinajstić information content (AvgIpc) is 2.12. The SMILES string of the molecule is O=C(O)c1ccc(N2CC3(CCC3)C2)cc1F. The number of carboxylic acid groups (broad SMARTS) is 1. The summed E-state index contributed by atoms with van der Waals surface area (Å²) in [6, 6.07) is 4.37. The van der Waals surface area contributed by atoms with E-state index in [9.17, 15) is 9.18 Å². The van der Waals surface area contributed by atoms with Gasteiger partial charge in [0.25, 0.3) is 0 Å². The molecule has 90 valence electrons. The van der Waals surface area contributed by atoms with Gasteiger partial charge in [-0.25, -0.2) is 9.18 Å². The van der Waals surface area contributed by atoms with Crippen molar-refractivity contribution in [2.45, 2.75) is 19.3 Å². The van der Waals surface area contributed by atoms with Crippen LogP contribution in [0.1, 0.15) is 29.6 Å². The fraction of sp³-hybridized carbons (Fsp3) is 0.462. The highest BCUT2D eigenvalue weighted by atomic mass is 19.1. The Balaban J connectivity index is 1.77. The molecule has 1 saturated carbocycles. The number of halogens is 1. The molecule has 4 heteroatoms. The topological polar surface area (TPSA) is 40.5 Å². The lowest BCUT2D eigenvalue weighted by molar-refractivity contribution is 0.0691. The molecule has 1 spiro atoms. The molecule has 3 rings (SSSR count). The first-order valence-corrected chi connectivity index (χ1v) is 5.88. The Kier molecular flexibility index (Phi) is 2.15. The predicted molar refractivity (Wildman–Crippen MR) is 61.9 cm³/mol. The molecule has 0 aromatic heterocycles. The van der Waals surface area contributed by atoms with Crippen LogP contribution in [0, 0.1) is 11.2 Å². The second kappa shape index (κ2) is 3.45. The Labute approximate surface area is 98.9 Å². The molecule has 1 aromatic rings. The second-order valence-corrected chi connectivity index (χ2v) is 5.18. The summed E-state index contributed by atoms with van der Waals surface area (Å²) in [5, 5.41) is 8.74. The fourth-order valence-electron chi connectivity index (χ4n) is 2.81. The Morgan fingerprint density at radius 2 is 2.06 bits per heavy atom. The van der Waals surface area contributed by atoms with E-state index in [1.165, 1.54) is 31.4 Å². The molecule has 1 heterocycles. The molecule has 0 amide bonds. The minimum absolute atomic E-state index is 0.257. The maximum absolute atomic E-state index is 13.5. The molecule has 1 aliphatic heterocycles. The lowest BCUT2D eigenvalue weighted by Gasteiger charge is -2.57. The summed E-state index contributed by atoms with van der Waals surface area (Å²) in [4.78, 5) is 12.8.